The summed E-state index contributed by atoms with van der Waals surface area (Å²) in [5.74, 6) is 0. The first-order valence-corrected chi connectivity index (χ1v) is 33.1. The fraction of sp³-hybridized carbons (Fsp3) is 0. The van der Waals surface area contributed by atoms with Crippen molar-refractivity contribution in [1.82, 2.24) is 39.9 Å². The van der Waals surface area contributed by atoms with E-state index in [0.29, 0.717) is 54.4 Å². The van der Waals surface area contributed by atoms with Gasteiger partial charge in [-0.2, -0.15) is 0 Å². The molecule has 0 atom stereocenters. The molecule has 10 aromatic carbocycles. The smallest absolute Gasteiger partial charge is 0.206 e. The second kappa shape index (κ2) is 20.1. The van der Waals surface area contributed by atoms with Gasteiger partial charge in [0.2, 0.25) is 14.3 Å². The zero-order valence-electron chi connectivity index (χ0n) is 47.8. The van der Waals surface area contributed by atoms with Crippen LogP contribution in [0.2, 0.25) is 0 Å². The van der Waals surface area contributed by atoms with Crippen LogP contribution in [0.1, 0.15) is 0 Å². The molecule has 420 valence electrons. The number of fused-ring (bicyclic) bond motifs is 18. The topological polar surface area (TPSA) is 137 Å². The van der Waals surface area contributed by atoms with Gasteiger partial charge in [-0.25, -0.2) is 19.9 Å². The average Bonchev–Trinajstić information content (AvgIpc) is 0.780. The van der Waals surface area contributed by atoms with Crippen molar-refractivity contribution in [3.8, 4) is 22.3 Å². The van der Waals surface area contributed by atoms with Crippen LogP contribution in [0.25, 0.3) is 142 Å². The van der Waals surface area contributed by atoms with Crippen LogP contribution >= 0.6 is 14.3 Å². The molecule has 18 rings (SSSR count). The fourth-order valence-electron chi connectivity index (χ4n) is 13.4. The van der Waals surface area contributed by atoms with Crippen LogP contribution in [0.5, 0.6) is 0 Å². The van der Waals surface area contributed by atoms with Crippen LogP contribution in [-0.4, -0.2) is 39.9 Å². The van der Waals surface area contributed by atoms with Crippen molar-refractivity contribution in [2.24, 2.45) is 0 Å². The Kier molecular flexibility index (Phi) is 11.6. The van der Waals surface area contributed by atoms with E-state index >= 15 is 9.13 Å². The summed E-state index contributed by atoms with van der Waals surface area (Å²) in [7, 11) is -7.48. The lowest BCUT2D eigenvalue weighted by Gasteiger charge is -2.20. The molecule has 0 saturated heterocycles. The molecule has 0 fully saturated rings. The largest absolute Gasteiger partial charge is 0.305 e. The SMILES string of the molecule is O=P(c1ccc(-c2ccc3c4ccc(-c5ccc(P(=O)(c6ccc7ccc8cccnc8c7n6)c6ccc7ccc8cccnc8c7n6)cc5)cc4c4ccccc4c3c2)cc1)(c1ccc2ccc3cccnc3c2n1)c1ccc2ccc3cccnc3c2n1. The third kappa shape index (κ3) is 8.05. The molecule has 0 saturated carbocycles. The van der Waals surface area contributed by atoms with Crippen LogP contribution in [-0.2, 0) is 9.13 Å². The lowest BCUT2D eigenvalue weighted by atomic mass is 9.90. The molecular formula is C78H46N8O2P2. The van der Waals surface area contributed by atoms with Gasteiger partial charge in [-0.15, -0.1) is 0 Å². The highest BCUT2D eigenvalue weighted by Gasteiger charge is 2.36. The zero-order valence-corrected chi connectivity index (χ0v) is 49.6. The average molecular weight is 1190 g/mol. The van der Waals surface area contributed by atoms with Gasteiger partial charge in [0.05, 0.1) is 44.1 Å². The van der Waals surface area contributed by atoms with Crippen molar-refractivity contribution < 1.29 is 9.13 Å². The predicted octanol–water partition coefficient (Wildman–Crippen LogP) is 16.1. The minimum Gasteiger partial charge on any atom is -0.305 e. The summed E-state index contributed by atoms with van der Waals surface area (Å²) in [5.41, 5.74) is 11.5. The number of nitrogens with zero attached hydrogens (tertiary/aromatic N) is 8. The maximum atomic E-state index is 16.5. The van der Waals surface area contributed by atoms with Crippen LogP contribution in [0.15, 0.2) is 280 Å². The van der Waals surface area contributed by atoms with Gasteiger partial charge in [-0.3, -0.25) is 19.9 Å². The third-order valence-corrected chi connectivity index (χ3v) is 23.6. The minimum absolute atomic E-state index is 0.430. The van der Waals surface area contributed by atoms with Crippen molar-refractivity contribution in [2.45, 2.75) is 0 Å². The van der Waals surface area contributed by atoms with E-state index in [-0.39, 0.29) is 0 Å². The van der Waals surface area contributed by atoms with E-state index in [9.17, 15) is 0 Å². The van der Waals surface area contributed by atoms with Crippen molar-refractivity contribution in [1.29, 1.82) is 0 Å². The van der Waals surface area contributed by atoms with E-state index < -0.39 is 14.3 Å². The van der Waals surface area contributed by atoms with Crippen LogP contribution < -0.4 is 32.3 Å². The molecule has 0 radical (unpaired) electrons. The Bertz CT molecular complexity index is 5560. The Morgan fingerprint density at radius 1 is 0.211 bits per heavy atom. The standard InChI is InChI=1S/C78H46N8O2P2/c87-89(67-37-27-53-17-13-49-7-3-41-79-71(49)75(53)83-67,68-38-28-54-18-14-50-8-4-42-80-72(50)76(54)84-68)59-31-21-47(22-32-59)57-25-35-63-64-36-26-58(46-66(64)62-12-2-1-11-61(62)65(63)45-57)48-23-33-60(34-24-48)90(88,69-39-29-55-19-15-51-9-5-43-81-73(51)77(55)85-69)70-40-30-56-20-16-52-10-6-44-82-74(52)78(56)86-70/h1-46H. The molecule has 0 spiro atoms. The first-order valence-electron chi connectivity index (χ1n) is 29.7. The normalized spacial score (nSPS) is 12.3. The first-order chi connectivity index (χ1) is 44.3. The summed E-state index contributed by atoms with van der Waals surface area (Å²) in [6.45, 7) is 0. The molecule has 18 aromatic rings. The Morgan fingerprint density at radius 3 is 0.767 bits per heavy atom. The summed E-state index contributed by atoms with van der Waals surface area (Å²) < 4.78 is 33.0. The van der Waals surface area contributed by atoms with Gasteiger partial charge in [0.15, 0.2) is 0 Å². The van der Waals surface area contributed by atoms with Gasteiger partial charge in [-0.05, 0) is 115 Å². The van der Waals surface area contributed by atoms with Crippen LogP contribution in [0, 0.1) is 0 Å². The number of hydrogen-bond donors (Lipinski definition) is 0. The Labute approximate surface area is 514 Å². The second-order valence-corrected chi connectivity index (χ2v) is 28.2. The molecule has 0 unspecified atom stereocenters. The molecule has 0 aliphatic carbocycles. The predicted molar refractivity (Wildman–Crippen MR) is 371 cm³/mol. The van der Waals surface area contributed by atoms with Gasteiger partial charge < -0.3 is 9.13 Å². The fourth-order valence-corrected chi connectivity index (χ4v) is 18.1. The van der Waals surface area contributed by atoms with E-state index in [2.05, 4.69) is 84.9 Å². The highest BCUT2D eigenvalue weighted by Crippen LogP contribution is 2.46. The van der Waals surface area contributed by atoms with Crippen molar-refractivity contribution in [3.05, 3.63) is 280 Å². The molecule has 10 nitrogen and oxygen atoms in total. The molecular weight excluding hydrogens is 1140 g/mol. The third-order valence-electron chi connectivity index (χ3n) is 17.9. The summed E-state index contributed by atoms with van der Waals surface area (Å²) in [6, 6.07) is 85.6. The molecule has 90 heavy (non-hydrogen) atoms. The Morgan fingerprint density at radius 2 is 0.467 bits per heavy atom. The van der Waals surface area contributed by atoms with Gasteiger partial charge in [0.1, 0.15) is 21.7 Å². The highest BCUT2D eigenvalue weighted by molar-refractivity contribution is 7.85. The zero-order chi connectivity index (χ0) is 59.7. The van der Waals surface area contributed by atoms with E-state index in [1.165, 1.54) is 0 Å². The van der Waals surface area contributed by atoms with Crippen LogP contribution in [0.4, 0.5) is 0 Å². The van der Waals surface area contributed by atoms with E-state index in [1.54, 1.807) is 24.8 Å². The van der Waals surface area contributed by atoms with Crippen molar-refractivity contribution >= 4 is 166 Å². The maximum absolute atomic E-state index is 16.5. The molecule has 0 aliphatic rings. The monoisotopic (exact) mass is 1190 g/mol. The molecule has 0 aliphatic heterocycles. The molecule has 0 N–H and O–H groups in total. The minimum atomic E-state index is -3.74. The summed E-state index contributed by atoms with van der Waals surface area (Å²) in [4.78, 5) is 39.8. The lowest BCUT2D eigenvalue weighted by molar-refractivity contribution is 0.590. The lowest BCUT2D eigenvalue weighted by Crippen LogP contribution is -2.29. The second-order valence-electron chi connectivity index (χ2n) is 22.9. The van der Waals surface area contributed by atoms with E-state index in [0.717, 1.165) is 120 Å². The molecule has 0 bridgehead atoms. The molecule has 8 heterocycles. The number of benzene rings is 10. The van der Waals surface area contributed by atoms with Crippen molar-refractivity contribution in [2.75, 3.05) is 0 Å². The van der Waals surface area contributed by atoms with E-state index in [4.69, 9.17) is 39.9 Å². The maximum Gasteiger partial charge on any atom is 0.206 e. The Hall–Kier alpha value is -11.3. The molecule has 0 amide bonds. The number of pyridine rings is 8. The molecule has 12 heteroatoms. The van der Waals surface area contributed by atoms with Crippen molar-refractivity contribution in [3.63, 3.8) is 0 Å². The van der Waals surface area contributed by atoms with E-state index in [1.807, 2.05) is 170 Å². The summed E-state index contributed by atoms with van der Waals surface area (Å²) in [5, 5.41) is 15.4. The Balaban J connectivity index is 0.727. The van der Waals surface area contributed by atoms with Gasteiger partial charge in [-0.1, -0.05) is 194 Å². The number of hydrogen-bond acceptors (Lipinski definition) is 10. The van der Waals surface area contributed by atoms with Gasteiger partial charge in [0.25, 0.3) is 0 Å². The molecule has 8 aromatic heterocycles. The summed E-state index contributed by atoms with van der Waals surface area (Å²) >= 11 is 0. The van der Waals surface area contributed by atoms with Gasteiger partial charge in [0, 0.05) is 78.5 Å². The number of rotatable bonds is 8. The van der Waals surface area contributed by atoms with Gasteiger partial charge >= 0.3 is 0 Å². The quantitative estimate of drug-likeness (QED) is 0.107. The summed E-state index contributed by atoms with van der Waals surface area (Å²) in [6.07, 6.45) is 7.08. The highest BCUT2D eigenvalue weighted by atomic mass is 31.2. The first kappa shape index (κ1) is 51.9. The van der Waals surface area contributed by atoms with Crippen LogP contribution in [0.3, 0.4) is 0 Å². The number of aromatic nitrogens is 8.